The van der Waals surface area contributed by atoms with Crippen LogP contribution < -0.4 is 10.9 Å². The number of halogens is 1. The molecule has 0 aliphatic rings. The standard InChI is InChI=1S/C24H17ClN4O2S/c1-14-26-21-18-11-12-19(15-5-3-2-4-6-15)28-23(18)32-22(21)24(31)29(14)13-20(30)27-17-9-7-16(25)8-10-17/h2-12H,13H2,1H3,(H,27,30). The molecular weight excluding hydrogens is 444 g/mol. The SMILES string of the molecule is Cc1nc2c(sc3nc(-c4ccccc4)ccc32)c(=O)n1CC(=O)Nc1ccc(Cl)cc1. The van der Waals surface area contributed by atoms with E-state index in [1.54, 1.807) is 31.2 Å². The Balaban J connectivity index is 1.51. The molecule has 0 aliphatic heterocycles. The minimum absolute atomic E-state index is 0.132. The lowest BCUT2D eigenvalue weighted by Gasteiger charge is -2.10. The third kappa shape index (κ3) is 3.77. The van der Waals surface area contributed by atoms with Crippen LogP contribution in [0.15, 0.2) is 71.5 Å². The van der Waals surface area contributed by atoms with Gasteiger partial charge < -0.3 is 5.32 Å². The monoisotopic (exact) mass is 460 g/mol. The predicted octanol–water partition coefficient (Wildman–Crippen LogP) is 5.27. The second kappa shape index (κ2) is 8.18. The molecule has 3 aromatic heterocycles. The van der Waals surface area contributed by atoms with Gasteiger partial charge in [-0.3, -0.25) is 14.2 Å². The molecule has 0 fully saturated rings. The van der Waals surface area contributed by atoms with E-state index in [4.69, 9.17) is 16.6 Å². The number of hydrogen-bond donors (Lipinski definition) is 1. The summed E-state index contributed by atoms with van der Waals surface area (Å²) in [5.41, 5.74) is 2.83. The molecule has 32 heavy (non-hydrogen) atoms. The van der Waals surface area contributed by atoms with E-state index in [0.29, 0.717) is 26.8 Å². The van der Waals surface area contributed by atoms with Gasteiger partial charge in [0.15, 0.2) is 0 Å². The first-order chi connectivity index (χ1) is 15.5. The van der Waals surface area contributed by atoms with Gasteiger partial charge in [0, 0.05) is 21.7 Å². The third-order valence-corrected chi connectivity index (χ3v) is 6.46. The smallest absolute Gasteiger partial charge is 0.272 e. The van der Waals surface area contributed by atoms with Crippen LogP contribution in [0.1, 0.15) is 5.82 Å². The number of rotatable bonds is 4. The maximum absolute atomic E-state index is 13.2. The van der Waals surface area contributed by atoms with Crippen molar-refractivity contribution in [3.63, 3.8) is 0 Å². The number of carbonyl (C=O) groups is 1. The molecule has 0 spiro atoms. The molecule has 5 aromatic rings. The number of aryl methyl sites for hydroxylation is 1. The Labute approximate surface area is 192 Å². The number of amides is 1. The van der Waals surface area contributed by atoms with Crippen LogP contribution in [0.4, 0.5) is 5.69 Å². The van der Waals surface area contributed by atoms with Gasteiger partial charge in [0.2, 0.25) is 5.91 Å². The lowest BCUT2D eigenvalue weighted by molar-refractivity contribution is -0.116. The molecule has 3 heterocycles. The fourth-order valence-electron chi connectivity index (χ4n) is 3.55. The quantitative estimate of drug-likeness (QED) is 0.396. The normalized spacial score (nSPS) is 11.2. The summed E-state index contributed by atoms with van der Waals surface area (Å²) in [6.07, 6.45) is 0. The van der Waals surface area contributed by atoms with Crippen molar-refractivity contribution in [2.24, 2.45) is 0 Å². The van der Waals surface area contributed by atoms with E-state index >= 15 is 0 Å². The molecule has 0 saturated heterocycles. The first-order valence-electron chi connectivity index (χ1n) is 9.91. The molecule has 8 heteroatoms. The zero-order valence-electron chi connectivity index (χ0n) is 17.0. The van der Waals surface area contributed by atoms with Crippen LogP contribution >= 0.6 is 22.9 Å². The van der Waals surface area contributed by atoms with Gasteiger partial charge in [0.05, 0.1) is 11.2 Å². The number of pyridine rings is 1. The lowest BCUT2D eigenvalue weighted by atomic mass is 10.1. The summed E-state index contributed by atoms with van der Waals surface area (Å²) in [6.45, 7) is 1.60. The first-order valence-corrected chi connectivity index (χ1v) is 11.1. The third-order valence-electron chi connectivity index (χ3n) is 5.13. The molecule has 0 saturated carbocycles. The highest BCUT2D eigenvalue weighted by atomic mass is 35.5. The predicted molar refractivity (Wildman–Crippen MR) is 129 cm³/mol. The van der Waals surface area contributed by atoms with Gasteiger partial charge in [0.1, 0.15) is 21.9 Å². The number of thiophene rings is 1. The maximum atomic E-state index is 13.2. The van der Waals surface area contributed by atoms with Crippen LogP contribution in [0.5, 0.6) is 0 Å². The summed E-state index contributed by atoms with van der Waals surface area (Å²) in [4.78, 5) is 35.9. The fourth-order valence-corrected chi connectivity index (χ4v) is 4.73. The van der Waals surface area contributed by atoms with Gasteiger partial charge in [-0.1, -0.05) is 41.9 Å². The van der Waals surface area contributed by atoms with Gasteiger partial charge in [-0.15, -0.1) is 11.3 Å². The molecule has 0 radical (unpaired) electrons. The fraction of sp³-hybridized carbons (Fsp3) is 0.0833. The number of anilines is 1. The molecule has 158 valence electrons. The van der Waals surface area contributed by atoms with Gasteiger partial charge in [0.25, 0.3) is 5.56 Å². The lowest BCUT2D eigenvalue weighted by Crippen LogP contribution is -2.29. The van der Waals surface area contributed by atoms with Crippen LogP contribution in [-0.2, 0) is 11.3 Å². The van der Waals surface area contributed by atoms with E-state index in [1.807, 2.05) is 42.5 Å². The van der Waals surface area contributed by atoms with Crippen molar-refractivity contribution in [1.29, 1.82) is 0 Å². The Morgan fingerprint density at radius 1 is 1.03 bits per heavy atom. The van der Waals surface area contributed by atoms with Gasteiger partial charge >= 0.3 is 0 Å². The molecule has 1 N–H and O–H groups in total. The highest BCUT2D eigenvalue weighted by Gasteiger charge is 2.17. The van der Waals surface area contributed by atoms with Gasteiger partial charge in [-0.2, -0.15) is 0 Å². The van der Waals surface area contributed by atoms with Crippen molar-refractivity contribution in [1.82, 2.24) is 14.5 Å². The minimum atomic E-state index is -0.315. The Hall–Kier alpha value is -3.55. The Kier molecular flexibility index (Phi) is 5.20. The van der Waals surface area contributed by atoms with Gasteiger partial charge in [-0.25, -0.2) is 9.97 Å². The van der Waals surface area contributed by atoms with Crippen LogP contribution in [0.2, 0.25) is 5.02 Å². The number of carbonyl (C=O) groups excluding carboxylic acids is 1. The zero-order valence-corrected chi connectivity index (χ0v) is 18.6. The molecule has 1 amide bonds. The van der Waals surface area contributed by atoms with Crippen LogP contribution in [0.25, 0.3) is 31.7 Å². The zero-order chi connectivity index (χ0) is 22.2. The number of nitrogens with zero attached hydrogens (tertiary/aromatic N) is 3. The number of benzene rings is 2. The minimum Gasteiger partial charge on any atom is -0.325 e. The molecule has 6 nitrogen and oxygen atoms in total. The summed E-state index contributed by atoms with van der Waals surface area (Å²) in [5.74, 6) is 0.157. The van der Waals surface area contributed by atoms with E-state index in [2.05, 4.69) is 10.3 Å². The average molecular weight is 461 g/mol. The number of nitrogens with one attached hydrogen (secondary N) is 1. The molecule has 2 aromatic carbocycles. The van der Waals surface area contributed by atoms with Crippen molar-refractivity contribution >= 4 is 55.0 Å². The molecule has 0 aliphatic carbocycles. The van der Waals surface area contributed by atoms with E-state index in [0.717, 1.165) is 21.5 Å². The Morgan fingerprint density at radius 3 is 2.53 bits per heavy atom. The van der Waals surface area contributed by atoms with E-state index in [9.17, 15) is 9.59 Å². The largest absolute Gasteiger partial charge is 0.325 e. The first kappa shape index (κ1) is 20.4. The van der Waals surface area contributed by atoms with Crippen LogP contribution in [0, 0.1) is 6.92 Å². The van der Waals surface area contributed by atoms with Crippen molar-refractivity contribution in [3.05, 3.63) is 87.9 Å². The van der Waals surface area contributed by atoms with Crippen molar-refractivity contribution in [2.75, 3.05) is 5.32 Å². The van der Waals surface area contributed by atoms with Gasteiger partial charge in [-0.05, 0) is 43.3 Å². The highest BCUT2D eigenvalue weighted by molar-refractivity contribution is 7.25. The Morgan fingerprint density at radius 2 is 1.78 bits per heavy atom. The second-order valence-electron chi connectivity index (χ2n) is 7.30. The van der Waals surface area contributed by atoms with E-state index < -0.39 is 0 Å². The summed E-state index contributed by atoms with van der Waals surface area (Å²) >= 11 is 7.18. The second-order valence-corrected chi connectivity index (χ2v) is 8.74. The summed E-state index contributed by atoms with van der Waals surface area (Å²) in [6, 6.07) is 20.6. The number of fused-ring (bicyclic) bond motifs is 3. The summed E-state index contributed by atoms with van der Waals surface area (Å²) in [5, 5.41) is 4.20. The van der Waals surface area contributed by atoms with Crippen molar-refractivity contribution in [3.8, 4) is 11.3 Å². The summed E-state index contributed by atoms with van der Waals surface area (Å²) in [7, 11) is 0. The number of aromatic nitrogens is 3. The molecule has 0 bridgehead atoms. The number of hydrogen-bond acceptors (Lipinski definition) is 5. The van der Waals surface area contributed by atoms with Crippen LogP contribution in [0.3, 0.4) is 0 Å². The topological polar surface area (TPSA) is 76.9 Å². The Bertz CT molecular complexity index is 1530. The maximum Gasteiger partial charge on any atom is 0.272 e. The van der Waals surface area contributed by atoms with E-state index in [-0.39, 0.29) is 18.0 Å². The molecule has 0 atom stereocenters. The molecule has 0 unspecified atom stereocenters. The summed E-state index contributed by atoms with van der Waals surface area (Å²) < 4.78 is 1.88. The highest BCUT2D eigenvalue weighted by Crippen LogP contribution is 2.31. The van der Waals surface area contributed by atoms with Crippen molar-refractivity contribution in [2.45, 2.75) is 13.5 Å². The average Bonchev–Trinajstić information content (AvgIpc) is 3.16. The van der Waals surface area contributed by atoms with Crippen molar-refractivity contribution < 1.29 is 4.79 Å². The van der Waals surface area contributed by atoms with Crippen LogP contribution in [-0.4, -0.2) is 20.4 Å². The van der Waals surface area contributed by atoms with E-state index in [1.165, 1.54) is 15.9 Å². The molecular formula is C24H17ClN4O2S. The molecule has 5 rings (SSSR count).